The Kier molecular flexibility index (Phi) is 35.8. The highest BCUT2D eigenvalue weighted by Crippen LogP contribution is 2.15. The second-order valence-electron chi connectivity index (χ2n) is 20.5. The van der Waals surface area contributed by atoms with E-state index in [0.29, 0.717) is 45.2 Å². The number of carbonyl (C=O) groups excluding carboxylic acids is 10. The molecular formula is C47H84N12O15. The minimum atomic E-state index is -0.999. The smallest absolute Gasteiger partial charge is 0.329 e. The Morgan fingerprint density at radius 2 is 0.851 bits per heavy atom. The quantitative estimate of drug-likeness (QED) is 0.0151. The van der Waals surface area contributed by atoms with Crippen LogP contribution in [-0.2, 0) is 62.0 Å². The molecule has 0 rings (SSSR count). The maximum absolute atomic E-state index is 12.6. The predicted octanol–water partition coefficient (Wildman–Crippen LogP) is 5.35. The summed E-state index contributed by atoms with van der Waals surface area (Å²) in [5.74, 6) is -3.73. The lowest BCUT2D eigenvalue weighted by Crippen LogP contribution is -2.52. The predicted molar refractivity (Wildman–Crippen MR) is 272 cm³/mol. The molecule has 27 nitrogen and oxygen atoms in total. The molecule has 0 aliphatic rings. The van der Waals surface area contributed by atoms with Crippen LogP contribution in [0.3, 0.4) is 0 Å². The standard InChI is InChI=1S/C23H40N6O7.C21H39N3O6.C3H5N3O2/c1-15(30)16(11-12-19(32)35-22(2,3)4)27-21(34)28-17(20(33)36-23(5,6)7)10-8-9-13-25-18(31)14-26-29-24;1-14(25)15(11-12-17(26)29-20(2,3)4)23-19(28)24-16(10-8-9-13-22)18(27)30-21(5,6)7;1-8-3(7)2-5-6-4/h16-17H,8-14H2,1-7H3,(H,25,31)(H2,27,28,34);15-16H,8-13,22H2,1-7H3,(H2,23,24,28);2H2,1H3/t16-,17-;15-,16-;/m00./s1. The van der Waals surface area contributed by atoms with E-state index in [0.717, 1.165) is 0 Å². The van der Waals surface area contributed by atoms with E-state index in [-0.39, 0.29) is 56.8 Å². The van der Waals surface area contributed by atoms with Gasteiger partial charge in [0.15, 0.2) is 11.6 Å². The van der Waals surface area contributed by atoms with E-state index < -0.39 is 94.4 Å². The van der Waals surface area contributed by atoms with Crippen LogP contribution in [0.5, 0.6) is 0 Å². The number of ether oxygens (including phenoxy) is 5. The Balaban J connectivity index is -0.00000120. The molecule has 422 valence electrons. The van der Waals surface area contributed by atoms with Crippen molar-refractivity contribution in [3.8, 4) is 0 Å². The highest BCUT2D eigenvalue weighted by molar-refractivity contribution is 5.90. The summed E-state index contributed by atoms with van der Waals surface area (Å²) in [5.41, 5.74) is 18.6. The van der Waals surface area contributed by atoms with Gasteiger partial charge in [0.05, 0.1) is 19.2 Å². The number of hydrogen-bond donors (Lipinski definition) is 6. The number of nitrogens with two attached hydrogens (primary N) is 1. The van der Waals surface area contributed by atoms with Gasteiger partial charge in [-0.2, -0.15) is 0 Å². The van der Waals surface area contributed by atoms with Crippen molar-refractivity contribution in [3.05, 3.63) is 20.9 Å². The second-order valence-corrected chi connectivity index (χ2v) is 20.5. The highest BCUT2D eigenvalue weighted by atomic mass is 16.6. The van der Waals surface area contributed by atoms with Gasteiger partial charge in [-0.15, -0.1) is 0 Å². The van der Waals surface area contributed by atoms with E-state index in [9.17, 15) is 47.9 Å². The lowest BCUT2D eigenvalue weighted by molar-refractivity contribution is -0.158. The van der Waals surface area contributed by atoms with Gasteiger partial charge in [-0.05, 0) is 166 Å². The van der Waals surface area contributed by atoms with Gasteiger partial charge in [0, 0.05) is 29.2 Å². The van der Waals surface area contributed by atoms with Gasteiger partial charge < -0.3 is 56.0 Å². The maximum atomic E-state index is 12.6. The van der Waals surface area contributed by atoms with Gasteiger partial charge in [-0.1, -0.05) is 10.2 Å². The van der Waals surface area contributed by atoms with E-state index in [1.54, 1.807) is 83.1 Å². The number of ketones is 2. The van der Waals surface area contributed by atoms with E-state index >= 15 is 0 Å². The summed E-state index contributed by atoms with van der Waals surface area (Å²) in [6.07, 6.45) is 2.93. The molecule has 0 radical (unpaired) electrons. The summed E-state index contributed by atoms with van der Waals surface area (Å²) in [7, 11) is 1.23. The first-order valence-electron chi connectivity index (χ1n) is 24.1. The molecule has 0 spiro atoms. The summed E-state index contributed by atoms with van der Waals surface area (Å²) in [6, 6.07) is -5.11. The Morgan fingerprint density at radius 1 is 0.500 bits per heavy atom. The fourth-order valence-electron chi connectivity index (χ4n) is 5.52. The molecule has 0 aromatic heterocycles. The zero-order valence-corrected chi connectivity index (χ0v) is 46.1. The fraction of sp³-hybridized carbons (Fsp3) is 0.787. The van der Waals surface area contributed by atoms with Crippen molar-refractivity contribution in [2.24, 2.45) is 16.0 Å². The lowest BCUT2D eigenvalue weighted by Gasteiger charge is -2.25. The fourth-order valence-corrected chi connectivity index (χ4v) is 5.52. The van der Waals surface area contributed by atoms with E-state index in [4.69, 9.17) is 35.7 Å². The third-order valence-electron chi connectivity index (χ3n) is 8.66. The molecule has 5 amide bonds. The van der Waals surface area contributed by atoms with Crippen LogP contribution in [0.1, 0.15) is 161 Å². The number of amides is 5. The van der Waals surface area contributed by atoms with Gasteiger partial charge in [0.25, 0.3) is 0 Å². The normalized spacial score (nSPS) is 12.6. The van der Waals surface area contributed by atoms with Gasteiger partial charge >= 0.3 is 41.9 Å². The zero-order valence-electron chi connectivity index (χ0n) is 46.1. The largest absolute Gasteiger partial charge is 0.469 e. The first-order chi connectivity index (χ1) is 34.0. The van der Waals surface area contributed by atoms with Crippen molar-refractivity contribution in [1.82, 2.24) is 26.6 Å². The zero-order chi connectivity index (χ0) is 57.9. The molecule has 0 bridgehead atoms. The van der Waals surface area contributed by atoms with Crippen molar-refractivity contribution in [1.29, 1.82) is 0 Å². The van der Waals surface area contributed by atoms with Crippen LogP contribution in [0.15, 0.2) is 10.2 Å². The van der Waals surface area contributed by atoms with Gasteiger partial charge in [0.2, 0.25) is 5.91 Å². The maximum Gasteiger partial charge on any atom is 0.329 e. The van der Waals surface area contributed by atoms with Gasteiger partial charge in [0.1, 0.15) is 47.6 Å². The van der Waals surface area contributed by atoms with Gasteiger partial charge in [-0.3, -0.25) is 28.8 Å². The first kappa shape index (κ1) is 71.5. The molecule has 7 N–H and O–H groups in total. The Hall–Kier alpha value is -6.72. The molecule has 0 aliphatic heterocycles. The lowest BCUT2D eigenvalue weighted by atomic mass is 10.1. The third kappa shape index (κ3) is 44.0. The van der Waals surface area contributed by atoms with E-state index in [1.165, 1.54) is 21.0 Å². The molecular weight excluding hydrogens is 973 g/mol. The molecule has 0 aromatic carbocycles. The minimum Gasteiger partial charge on any atom is -0.469 e. The molecule has 0 aliphatic carbocycles. The van der Waals surface area contributed by atoms with Crippen molar-refractivity contribution >= 4 is 59.4 Å². The first-order valence-corrected chi connectivity index (χ1v) is 24.1. The monoisotopic (exact) mass is 1060 g/mol. The SMILES string of the molecule is CC(=O)[C@H](CCC(=O)OC(C)(C)C)NC(=O)N[C@@H](CCCCN)C(=O)OC(C)(C)C.CC(=O)[C@H](CCC(=O)OC(C)(C)C)NC(=O)N[C@@H](CCCCNC(=O)CN=[N+]=[N-])C(=O)OC(C)(C)C.COC(=O)CN=[N+]=[N-]. The number of carbonyl (C=O) groups is 10. The molecule has 0 unspecified atom stereocenters. The number of nitrogens with zero attached hydrogens (tertiary/aromatic N) is 6. The third-order valence-corrected chi connectivity index (χ3v) is 8.66. The number of Topliss-reactive ketones (excluding diaryl/α,β-unsaturated/α-hetero) is 2. The number of nitrogens with one attached hydrogen (secondary N) is 5. The Morgan fingerprint density at radius 3 is 1.18 bits per heavy atom. The summed E-state index contributed by atoms with van der Waals surface area (Å²) in [5, 5.41) is 18.9. The molecule has 0 fully saturated rings. The number of hydrogen-bond acceptors (Lipinski definition) is 18. The van der Waals surface area contributed by atoms with Crippen LogP contribution >= 0.6 is 0 Å². The number of esters is 5. The average Bonchev–Trinajstić information content (AvgIpc) is 3.24. The summed E-state index contributed by atoms with van der Waals surface area (Å²) >= 11 is 0. The Labute approximate surface area is 434 Å². The number of rotatable bonds is 27. The van der Waals surface area contributed by atoms with Crippen LogP contribution < -0.4 is 32.3 Å². The van der Waals surface area contributed by atoms with E-state index in [2.05, 4.69) is 51.4 Å². The van der Waals surface area contributed by atoms with Gasteiger partial charge in [-0.25, -0.2) is 19.2 Å². The van der Waals surface area contributed by atoms with Crippen LogP contribution in [0.4, 0.5) is 9.59 Å². The molecule has 0 saturated carbocycles. The summed E-state index contributed by atoms with van der Waals surface area (Å²) in [4.78, 5) is 124. The topological polar surface area (TPSA) is 401 Å². The molecule has 0 heterocycles. The highest BCUT2D eigenvalue weighted by Gasteiger charge is 2.30. The van der Waals surface area contributed by atoms with Crippen LogP contribution in [0.25, 0.3) is 20.9 Å². The van der Waals surface area contributed by atoms with Crippen molar-refractivity contribution < 1.29 is 71.6 Å². The number of urea groups is 2. The molecule has 4 atom stereocenters. The molecule has 0 aromatic rings. The average molecular weight is 1060 g/mol. The number of azide groups is 2. The van der Waals surface area contributed by atoms with Crippen molar-refractivity contribution in [2.75, 3.05) is 33.3 Å². The minimum absolute atomic E-state index is 0.0200. The van der Waals surface area contributed by atoms with Crippen LogP contribution in [0.2, 0.25) is 0 Å². The molecule has 74 heavy (non-hydrogen) atoms. The summed E-state index contributed by atoms with van der Waals surface area (Å²) in [6.45, 7) is 23.6. The Bertz CT molecular complexity index is 1930. The van der Waals surface area contributed by atoms with Crippen LogP contribution in [-0.4, -0.2) is 139 Å². The number of unbranched alkanes of at least 4 members (excludes halogenated alkanes) is 2. The van der Waals surface area contributed by atoms with Crippen LogP contribution in [0, 0.1) is 0 Å². The van der Waals surface area contributed by atoms with E-state index in [1.807, 2.05) is 0 Å². The van der Waals surface area contributed by atoms with Crippen molar-refractivity contribution in [2.45, 2.75) is 208 Å². The number of methoxy groups -OCH3 is 1. The second kappa shape index (κ2) is 37.1. The van der Waals surface area contributed by atoms with Crippen molar-refractivity contribution in [3.63, 3.8) is 0 Å². The summed E-state index contributed by atoms with van der Waals surface area (Å²) < 4.78 is 25.4. The molecule has 0 saturated heterocycles. The molecule has 27 heteroatoms.